The fourth-order valence-electron chi connectivity index (χ4n) is 1.71. The van der Waals surface area contributed by atoms with Gasteiger partial charge in [0.15, 0.2) is 0 Å². The molecule has 3 nitrogen and oxygen atoms in total. The first-order chi connectivity index (χ1) is 6.67. The molecule has 4 heteroatoms. The third-order valence-corrected chi connectivity index (χ3v) is 3.26. The number of carboxylic acid groups (broad SMARTS) is 1. The molecule has 0 aromatic heterocycles. The molecule has 0 amide bonds. The topological polar surface area (TPSA) is 40.3 Å². The first kappa shape index (κ1) is 11.6. The van der Waals surface area contributed by atoms with Crippen LogP contribution in [0.15, 0.2) is 12.7 Å². The molecule has 1 fully saturated rings. The lowest BCUT2D eigenvalue weighted by molar-refractivity contribution is -0.147. The van der Waals surface area contributed by atoms with E-state index in [1.807, 2.05) is 11.2 Å². The van der Waals surface area contributed by atoms with E-state index in [1.165, 1.54) is 0 Å². The molecular formula is C10H17NO2S. The molecule has 0 bridgehead atoms. The van der Waals surface area contributed by atoms with Crippen molar-refractivity contribution in [2.45, 2.75) is 18.4 Å². The van der Waals surface area contributed by atoms with Crippen LogP contribution >= 0.6 is 11.8 Å². The number of hydrogen-bond acceptors (Lipinski definition) is 3. The Bertz CT molecular complexity index is 228. The highest BCUT2D eigenvalue weighted by atomic mass is 32.2. The van der Waals surface area contributed by atoms with E-state index < -0.39 is 11.5 Å². The summed E-state index contributed by atoms with van der Waals surface area (Å²) in [5.41, 5.74) is -0.676. The van der Waals surface area contributed by atoms with Crippen LogP contribution in [0.25, 0.3) is 0 Å². The summed E-state index contributed by atoms with van der Waals surface area (Å²) in [4.78, 5) is 13.3. The number of aliphatic carboxylic acids is 1. The van der Waals surface area contributed by atoms with Crippen LogP contribution in [0.3, 0.4) is 0 Å². The van der Waals surface area contributed by atoms with Gasteiger partial charge < -0.3 is 5.11 Å². The third-order valence-electron chi connectivity index (χ3n) is 2.65. The van der Waals surface area contributed by atoms with Crippen LogP contribution in [-0.4, -0.2) is 46.6 Å². The van der Waals surface area contributed by atoms with Gasteiger partial charge in [0, 0.05) is 13.1 Å². The molecule has 0 unspecified atom stereocenters. The average Bonchev–Trinajstić information content (AvgIpc) is 2.95. The molecule has 1 aliphatic rings. The highest BCUT2D eigenvalue weighted by molar-refractivity contribution is 7.98. The normalized spacial score (nSPS) is 20.1. The van der Waals surface area contributed by atoms with E-state index in [4.69, 9.17) is 0 Å². The molecule has 1 heterocycles. The molecule has 0 aliphatic carbocycles. The summed E-state index contributed by atoms with van der Waals surface area (Å²) in [6, 6.07) is 0. The highest BCUT2D eigenvalue weighted by Crippen LogP contribution is 2.31. The van der Waals surface area contributed by atoms with E-state index in [-0.39, 0.29) is 0 Å². The number of nitrogens with zero attached hydrogens (tertiary/aromatic N) is 1. The fraction of sp³-hybridized carbons (Fsp3) is 0.700. The van der Waals surface area contributed by atoms with Crippen molar-refractivity contribution in [1.29, 1.82) is 0 Å². The third kappa shape index (κ3) is 2.30. The van der Waals surface area contributed by atoms with Gasteiger partial charge in [-0.1, -0.05) is 6.08 Å². The van der Waals surface area contributed by atoms with Gasteiger partial charge >= 0.3 is 5.97 Å². The molecule has 0 spiro atoms. The summed E-state index contributed by atoms with van der Waals surface area (Å²) in [7, 11) is 0. The van der Waals surface area contributed by atoms with Crippen molar-refractivity contribution in [2.75, 3.05) is 25.1 Å². The standard InChI is InChI=1S/C10H17NO2S/c1-3-4-10(9(12)13,5-8-14-2)11-6-7-11/h3H,1,4-8H2,2H3,(H,12,13)/t10-/m0/s1. The Morgan fingerprint density at radius 1 is 1.71 bits per heavy atom. The summed E-state index contributed by atoms with van der Waals surface area (Å²) >= 11 is 1.69. The van der Waals surface area contributed by atoms with Gasteiger partial charge in [-0.2, -0.15) is 11.8 Å². The van der Waals surface area contributed by atoms with Gasteiger partial charge in [0.1, 0.15) is 5.54 Å². The largest absolute Gasteiger partial charge is 0.480 e. The summed E-state index contributed by atoms with van der Waals surface area (Å²) in [5, 5.41) is 9.29. The van der Waals surface area contributed by atoms with Crippen molar-refractivity contribution in [3.05, 3.63) is 12.7 Å². The Balaban J connectivity index is 2.71. The van der Waals surface area contributed by atoms with Gasteiger partial charge in [-0.05, 0) is 24.9 Å². The van der Waals surface area contributed by atoms with Gasteiger partial charge in [-0.15, -0.1) is 6.58 Å². The van der Waals surface area contributed by atoms with Gasteiger partial charge in [-0.25, -0.2) is 0 Å². The van der Waals surface area contributed by atoms with E-state index in [0.717, 1.165) is 18.8 Å². The Morgan fingerprint density at radius 2 is 2.36 bits per heavy atom. The van der Waals surface area contributed by atoms with Gasteiger partial charge in [-0.3, -0.25) is 9.69 Å². The number of carbonyl (C=O) groups is 1. The summed E-state index contributed by atoms with van der Waals surface area (Å²) in [5.74, 6) is 0.181. The van der Waals surface area contributed by atoms with Gasteiger partial charge in [0.05, 0.1) is 0 Å². The minimum absolute atomic E-state index is 0.545. The Labute approximate surface area is 89.2 Å². The summed E-state index contributed by atoms with van der Waals surface area (Å²) < 4.78 is 0. The minimum atomic E-state index is -0.705. The van der Waals surface area contributed by atoms with Crippen LogP contribution in [-0.2, 0) is 4.79 Å². The second kappa shape index (κ2) is 4.84. The van der Waals surface area contributed by atoms with Crippen LogP contribution < -0.4 is 0 Å². The zero-order chi connectivity index (χ0) is 10.6. The van der Waals surface area contributed by atoms with Crippen LogP contribution in [0.4, 0.5) is 0 Å². The maximum absolute atomic E-state index is 11.3. The summed E-state index contributed by atoms with van der Waals surface area (Å²) in [6.07, 6.45) is 4.97. The van der Waals surface area contributed by atoms with Crippen molar-refractivity contribution in [3.8, 4) is 0 Å². The molecular weight excluding hydrogens is 198 g/mol. The van der Waals surface area contributed by atoms with E-state index in [0.29, 0.717) is 12.8 Å². The Hall–Kier alpha value is -0.480. The van der Waals surface area contributed by atoms with Crippen molar-refractivity contribution >= 4 is 17.7 Å². The lowest BCUT2D eigenvalue weighted by atomic mass is 9.92. The number of thioether (sulfide) groups is 1. The molecule has 0 radical (unpaired) electrons. The molecule has 1 aliphatic heterocycles. The smallest absolute Gasteiger partial charge is 0.324 e. The Kier molecular flexibility index (Phi) is 4.01. The van der Waals surface area contributed by atoms with Crippen LogP contribution in [0.2, 0.25) is 0 Å². The molecule has 0 aromatic rings. The fourth-order valence-corrected chi connectivity index (χ4v) is 2.25. The first-order valence-electron chi connectivity index (χ1n) is 4.75. The lowest BCUT2D eigenvalue weighted by Gasteiger charge is -2.29. The maximum atomic E-state index is 11.3. The SMILES string of the molecule is C=CC[C@](CCSC)(C(=O)O)N1CC1. The molecule has 0 aromatic carbocycles. The van der Waals surface area contributed by atoms with Crippen molar-refractivity contribution in [2.24, 2.45) is 0 Å². The molecule has 1 atom stereocenters. The van der Waals surface area contributed by atoms with Crippen molar-refractivity contribution in [3.63, 3.8) is 0 Å². The van der Waals surface area contributed by atoms with Crippen LogP contribution in [0, 0.1) is 0 Å². The molecule has 14 heavy (non-hydrogen) atoms. The van der Waals surface area contributed by atoms with E-state index in [1.54, 1.807) is 17.8 Å². The number of carboxylic acids is 1. The van der Waals surface area contributed by atoms with E-state index in [9.17, 15) is 9.90 Å². The molecule has 1 rings (SSSR count). The monoisotopic (exact) mass is 215 g/mol. The molecule has 1 saturated heterocycles. The minimum Gasteiger partial charge on any atom is -0.480 e. The highest BCUT2D eigenvalue weighted by Gasteiger charge is 2.47. The molecule has 0 saturated carbocycles. The maximum Gasteiger partial charge on any atom is 0.324 e. The van der Waals surface area contributed by atoms with Crippen LogP contribution in [0.1, 0.15) is 12.8 Å². The molecule has 80 valence electrons. The zero-order valence-electron chi connectivity index (χ0n) is 8.53. The number of rotatable bonds is 7. The zero-order valence-corrected chi connectivity index (χ0v) is 9.35. The second-order valence-electron chi connectivity index (χ2n) is 3.56. The van der Waals surface area contributed by atoms with Crippen molar-refractivity contribution < 1.29 is 9.90 Å². The first-order valence-corrected chi connectivity index (χ1v) is 6.15. The average molecular weight is 215 g/mol. The predicted octanol–water partition coefficient (Wildman–Crippen LogP) is 1.45. The van der Waals surface area contributed by atoms with Gasteiger partial charge in [0.25, 0.3) is 0 Å². The van der Waals surface area contributed by atoms with Crippen LogP contribution in [0.5, 0.6) is 0 Å². The predicted molar refractivity (Wildman–Crippen MR) is 59.8 cm³/mol. The lowest BCUT2D eigenvalue weighted by Crippen LogP contribution is -2.46. The summed E-state index contributed by atoms with van der Waals surface area (Å²) in [6.45, 7) is 5.47. The molecule has 1 N–H and O–H groups in total. The second-order valence-corrected chi connectivity index (χ2v) is 4.54. The van der Waals surface area contributed by atoms with E-state index >= 15 is 0 Å². The quantitative estimate of drug-likeness (QED) is 0.515. The van der Waals surface area contributed by atoms with E-state index in [2.05, 4.69) is 6.58 Å². The Morgan fingerprint density at radius 3 is 2.71 bits per heavy atom. The van der Waals surface area contributed by atoms with Gasteiger partial charge in [0.2, 0.25) is 0 Å². The number of hydrogen-bond donors (Lipinski definition) is 1. The van der Waals surface area contributed by atoms with Crippen molar-refractivity contribution in [1.82, 2.24) is 4.90 Å².